The van der Waals surface area contributed by atoms with Crippen LogP contribution in [0.1, 0.15) is 5.56 Å². The summed E-state index contributed by atoms with van der Waals surface area (Å²) in [6.07, 6.45) is 0. The molecule has 0 saturated carbocycles. The minimum Gasteiger partial charge on any atom is -0.280 e. The van der Waals surface area contributed by atoms with E-state index in [9.17, 15) is 12.8 Å². The first-order valence-electron chi connectivity index (χ1n) is 5.30. The van der Waals surface area contributed by atoms with Crippen LogP contribution in [0, 0.1) is 17.1 Å². The Morgan fingerprint density at radius 2 is 1.79 bits per heavy atom. The maximum Gasteiger partial charge on any atom is 0.261 e. The summed E-state index contributed by atoms with van der Waals surface area (Å²) in [5.74, 6) is -0.690. The van der Waals surface area contributed by atoms with Crippen LogP contribution >= 0.6 is 0 Å². The predicted molar refractivity (Wildman–Crippen MR) is 68.4 cm³/mol. The van der Waals surface area contributed by atoms with E-state index in [1.807, 2.05) is 0 Å². The van der Waals surface area contributed by atoms with Gasteiger partial charge in [-0.25, -0.2) is 12.8 Å². The van der Waals surface area contributed by atoms with Crippen LogP contribution in [-0.2, 0) is 10.0 Å². The molecule has 4 nitrogen and oxygen atoms in total. The largest absolute Gasteiger partial charge is 0.280 e. The summed E-state index contributed by atoms with van der Waals surface area (Å²) in [6.45, 7) is 0. The number of hydrogen-bond donors (Lipinski definition) is 1. The van der Waals surface area contributed by atoms with Gasteiger partial charge < -0.3 is 0 Å². The van der Waals surface area contributed by atoms with E-state index in [-0.39, 0.29) is 16.1 Å². The van der Waals surface area contributed by atoms with E-state index in [4.69, 9.17) is 5.26 Å². The van der Waals surface area contributed by atoms with Crippen LogP contribution in [-0.4, -0.2) is 8.42 Å². The van der Waals surface area contributed by atoms with Crippen LogP contribution in [0.25, 0.3) is 0 Å². The normalized spacial score (nSPS) is 10.7. The van der Waals surface area contributed by atoms with Gasteiger partial charge in [-0.15, -0.1) is 0 Å². The summed E-state index contributed by atoms with van der Waals surface area (Å²) >= 11 is 0. The van der Waals surface area contributed by atoms with Crippen molar-refractivity contribution in [3.8, 4) is 6.07 Å². The highest BCUT2D eigenvalue weighted by atomic mass is 32.2. The number of nitriles is 1. The molecule has 6 heteroatoms. The van der Waals surface area contributed by atoms with Gasteiger partial charge in [-0.05, 0) is 30.3 Å². The summed E-state index contributed by atoms with van der Waals surface area (Å²) in [5.41, 5.74) is -0.0740. The van der Waals surface area contributed by atoms with E-state index in [1.54, 1.807) is 24.3 Å². The van der Waals surface area contributed by atoms with E-state index >= 15 is 0 Å². The minimum absolute atomic E-state index is 0.0952. The van der Waals surface area contributed by atoms with Crippen LogP contribution in [0.4, 0.5) is 10.1 Å². The lowest BCUT2D eigenvalue weighted by Gasteiger charge is -2.08. The van der Waals surface area contributed by atoms with E-state index in [0.29, 0.717) is 0 Å². The minimum atomic E-state index is -3.73. The molecule has 0 spiro atoms. The van der Waals surface area contributed by atoms with Crippen LogP contribution < -0.4 is 4.72 Å². The van der Waals surface area contributed by atoms with Gasteiger partial charge in [0.05, 0.1) is 16.1 Å². The lowest BCUT2D eigenvalue weighted by atomic mass is 10.2. The van der Waals surface area contributed by atoms with Gasteiger partial charge in [0.1, 0.15) is 11.9 Å². The van der Waals surface area contributed by atoms with Crippen molar-refractivity contribution in [1.82, 2.24) is 0 Å². The van der Waals surface area contributed by atoms with Crippen molar-refractivity contribution in [3.05, 3.63) is 59.9 Å². The number of halogens is 1. The highest BCUT2D eigenvalue weighted by Crippen LogP contribution is 2.18. The summed E-state index contributed by atoms with van der Waals surface area (Å²) in [6, 6.07) is 12.9. The predicted octanol–water partition coefficient (Wildman–Crippen LogP) is 2.50. The molecule has 0 bridgehead atoms. The van der Waals surface area contributed by atoms with Crippen LogP contribution in [0.5, 0.6) is 0 Å². The summed E-state index contributed by atoms with van der Waals surface area (Å²) in [4.78, 5) is 0.0952. The molecule has 2 aromatic carbocycles. The maximum absolute atomic E-state index is 13.1. The first-order valence-corrected chi connectivity index (χ1v) is 6.79. The van der Waals surface area contributed by atoms with Gasteiger partial charge in [-0.2, -0.15) is 5.26 Å². The second-order valence-corrected chi connectivity index (χ2v) is 5.41. The Balaban J connectivity index is 2.34. The Hall–Kier alpha value is -2.39. The van der Waals surface area contributed by atoms with Gasteiger partial charge in [0.2, 0.25) is 0 Å². The van der Waals surface area contributed by atoms with Gasteiger partial charge in [0.15, 0.2) is 0 Å². The smallest absolute Gasteiger partial charge is 0.261 e. The fraction of sp³-hybridized carbons (Fsp3) is 0. The lowest BCUT2D eigenvalue weighted by molar-refractivity contribution is 0.601. The van der Waals surface area contributed by atoms with Crippen molar-refractivity contribution in [2.24, 2.45) is 0 Å². The molecule has 0 aliphatic carbocycles. The van der Waals surface area contributed by atoms with Crippen molar-refractivity contribution in [2.45, 2.75) is 4.90 Å². The average molecular weight is 276 g/mol. The molecule has 2 aromatic rings. The third-order valence-corrected chi connectivity index (χ3v) is 3.79. The number of anilines is 1. The Morgan fingerprint density at radius 3 is 2.42 bits per heavy atom. The molecule has 0 fully saturated rings. The Kier molecular flexibility index (Phi) is 3.49. The third kappa shape index (κ3) is 2.89. The molecule has 0 aliphatic rings. The van der Waals surface area contributed by atoms with E-state index in [2.05, 4.69) is 4.72 Å². The number of benzene rings is 2. The number of nitrogens with one attached hydrogen (secondary N) is 1. The van der Waals surface area contributed by atoms with Crippen molar-refractivity contribution >= 4 is 15.7 Å². The molecule has 0 aromatic heterocycles. The molecular formula is C13H9FN2O2S. The van der Waals surface area contributed by atoms with Gasteiger partial charge >= 0.3 is 0 Å². The molecule has 19 heavy (non-hydrogen) atoms. The molecule has 96 valence electrons. The average Bonchev–Trinajstić information content (AvgIpc) is 2.42. The monoisotopic (exact) mass is 276 g/mol. The number of hydrogen-bond acceptors (Lipinski definition) is 3. The Bertz CT molecular complexity index is 737. The molecule has 0 radical (unpaired) electrons. The zero-order valence-electron chi connectivity index (χ0n) is 9.67. The van der Waals surface area contributed by atoms with E-state index in [0.717, 1.165) is 12.1 Å². The summed E-state index contributed by atoms with van der Waals surface area (Å²) < 4.78 is 39.4. The standard InChI is InChI=1S/C13H9FN2O2S/c14-13-7-6-11(8-10(13)9-15)16-19(17,18)12-4-2-1-3-5-12/h1-8,16H. The topological polar surface area (TPSA) is 70.0 Å². The first-order chi connectivity index (χ1) is 9.03. The van der Waals surface area contributed by atoms with Crippen molar-refractivity contribution in [3.63, 3.8) is 0 Å². The van der Waals surface area contributed by atoms with Gasteiger partial charge in [-0.3, -0.25) is 4.72 Å². The number of nitrogens with zero attached hydrogens (tertiary/aromatic N) is 1. The molecule has 0 amide bonds. The zero-order chi connectivity index (χ0) is 13.9. The molecule has 0 atom stereocenters. The lowest BCUT2D eigenvalue weighted by Crippen LogP contribution is -2.12. The van der Waals surface area contributed by atoms with Crippen LogP contribution in [0.3, 0.4) is 0 Å². The van der Waals surface area contributed by atoms with E-state index in [1.165, 1.54) is 18.2 Å². The van der Waals surface area contributed by atoms with Crippen molar-refractivity contribution in [2.75, 3.05) is 4.72 Å². The quantitative estimate of drug-likeness (QED) is 0.936. The van der Waals surface area contributed by atoms with Crippen LogP contribution in [0.2, 0.25) is 0 Å². The van der Waals surface area contributed by atoms with Crippen LogP contribution in [0.15, 0.2) is 53.4 Å². The summed E-state index contributed by atoms with van der Waals surface area (Å²) in [5, 5.41) is 8.69. The maximum atomic E-state index is 13.1. The van der Waals surface area contributed by atoms with Crippen molar-refractivity contribution in [1.29, 1.82) is 5.26 Å². The molecule has 1 N–H and O–H groups in total. The number of sulfonamides is 1. The first kappa shape index (κ1) is 13.1. The second kappa shape index (κ2) is 5.08. The third-order valence-electron chi connectivity index (χ3n) is 2.39. The Labute approximate surface area is 110 Å². The zero-order valence-corrected chi connectivity index (χ0v) is 10.5. The molecule has 0 saturated heterocycles. The van der Waals surface area contributed by atoms with Crippen molar-refractivity contribution < 1.29 is 12.8 Å². The molecule has 0 heterocycles. The molecule has 0 unspecified atom stereocenters. The molecular weight excluding hydrogens is 267 g/mol. The van der Waals surface area contributed by atoms with Gasteiger partial charge in [0.25, 0.3) is 10.0 Å². The Morgan fingerprint density at radius 1 is 1.11 bits per heavy atom. The highest BCUT2D eigenvalue weighted by Gasteiger charge is 2.14. The summed E-state index contributed by atoms with van der Waals surface area (Å²) in [7, 11) is -3.73. The highest BCUT2D eigenvalue weighted by molar-refractivity contribution is 7.92. The molecule has 0 aliphatic heterocycles. The number of rotatable bonds is 3. The fourth-order valence-corrected chi connectivity index (χ4v) is 2.56. The van der Waals surface area contributed by atoms with Gasteiger partial charge in [-0.1, -0.05) is 18.2 Å². The fourth-order valence-electron chi connectivity index (χ4n) is 1.49. The van der Waals surface area contributed by atoms with E-state index < -0.39 is 15.8 Å². The SMILES string of the molecule is N#Cc1cc(NS(=O)(=O)c2ccccc2)ccc1F. The second-order valence-electron chi connectivity index (χ2n) is 3.72. The molecule has 2 rings (SSSR count). The van der Waals surface area contributed by atoms with Gasteiger partial charge in [0, 0.05) is 0 Å².